The molecule has 0 saturated heterocycles. The number of thioether (sulfide) groups is 1. The van der Waals surface area contributed by atoms with Crippen molar-refractivity contribution in [1.82, 2.24) is 20.1 Å². The highest BCUT2D eigenvalue weighted by atomic mass is 32.2. The van der Waals surface area contributed by atoms with Crippen molar-refractivity contribution in [2.45, 2.75) is 44.1 Å². The number of aromatic nitrogens is 3. The van der Waals surface area contributed by atoms with Crippen LogP contribution in [-0.4, -0.2) is 25.9 Å². The van der Waals surface area contributed by atoms with E-state index in [4.69, 9.17) is 0 Å². The Morgan fingerprint density at radius 2 is 1.96 bits per heavy atom. The van der Waals surface area contributed by atoms with Crippen molar-refractivity contribution < 1.29 is 4.79 Å². The topological polar surface area (TPSA) is 59.8 Å². The zero-order chi connectivity index (χ0) is 19.2. The van der Waals surface area contributed by atoms with E-state index in [0.717, 1.165) is 22.0 Å². The number of hydrogen-bond acceptors (Lipinski definition) is 4. The molecule has 0 saturated carbocycles. The largest absolute Gasteiger partial charge is 0.351 e. The van der Waals surface area contributed by atoms with Crippen LogP contribution in [0.25, 0.3) is 5.69 Å². The molecule has 1 unspecified atom stereocenters. The lowest BCUT2D eigenvalue weighted by Crippen LogP contribution is -2.32. The van der Waals surface area contributed by atoms with Crippen molar-refractivity contribution in [3.63, 3.8) is 0 Å². The third-order valence-corrected chi connectivity index (χ3v) is 5.67. The van der Waals surface area contributed by atoms with Crippen LogP contribution in [0.4, 0.5) is 0 Å². The third-order valence-electron chi connectivity index (χ3n) is 4.35. The summed E-state index contributed by atoms with van der Waals surface area (Å²) in [5, 5.41) is 11.8. The molecule has 0 aliphatic rings. The molecule has 140 valence electrons. The van der Waals surface area contributed by atoms with Crippen LogP contribution in [0.5, 0.6) is 0 Å². The highest BCUT2D eigenvalue weighted by Crippen LogP contribution is 2.27. The summed E-state index contributed by atoms with van der Waals surface area (Å²) in [6, 6.07) is 16.2. The van der Waals surface area contributed by atoms with Gasteiger partial charge in [0, 0.05) is 6.54 Å². The number of amides is 1. The molecule has 1 N–H and O–H groups in total. The molecule has 3 aromatic rings. The fraction of sp³-hybridized carbons (Fsp3) is 0.286. The molecule has 1 heterocycles. The van der Waals surface area contributed by atoms with E-state index in [0.29, 0.717) is 13.0 Å². The molecule has 3 rings (SSSR count). The van der Waals surface area contributed by atoms with E-state index in [1.807, 2.05) is 41.8 Å². The normalized spacial score (nSPS) is 12.0. The van der Waals surface area contributed by atoms with Crippen LogP contribution in [0.1, 0.15) is 30.0 Å². The lowest BCUT2D eigenvalue weighted by Gasteiger charge is -2.16. The monoisotopic (exact) mass is 380 g/mol. The van der Waals surface area contributed by atoms with Crippen LogP contribution in [0, 0.1) is 13.8 Å². The number of benzene rings is 2. The van der Waals surface area contributed by atoms with Gasteiger partial charge in [0.2, 0.25) is 5.91 Å². The van der Waals surface area contributed by atoms with Gasteiger partial charge in [-0.05, 0) is 37.5 Å². The molecule has 5 nitrogen and oxygen atoms in total. The van der Waals surface area contributed by atoms with Crippen molar-refractivity contribution in [2.75, 3.05) is 0 Å². The lowest BCUT2D eigenvalue weighted by molar-refractivity contribution is -0.120. The number of nitrogens with one attached hydrogen (secondary N) is 1. The van der Waals surface area contributed by atoms with E-state index in [-0.39, 0.29) is 11.2 Å². The highest BCUT2D eigenvalue weighted by Gasteiger charge is 2.21. The molecule has 0 fully saturated rings. The summed E-state index contributed by atoms with van der Waals surface area (Å²) in [4.78, 5) is 12.6. The first-order valence-electron chi connectivity index (χ1n) is 9.04. The molecule has 0 aliphatic carbocycles. The van der Waals surface area contributed by atoms with E-state index in [1.165, 1.54) is 17.3 Å². The second-order valence-electron chi connectivity index (χ2n) is 6.49. The Labute approximate surface area is 164 Å². The molecule has 1 atom stereocenters. The molecular formula is C21H24N4OS. The van der Waals surface area contributed by atoms with Gasteiger partial charge in [-0.15, -0.1) is 10.2 Å². The molecule has 27 heavy (non-hydrogen) atoms. The van der Waals surface area contributed by atoms with Crippen LogP contribution in [-0.2, 0) is 11.3 Å². The van der Waals surface area contributed by atoms with Crippen LogP contribution in [0.15, 0.2) is 60.0 Å². The third kappa shape index (κ3) is 4.77. The van der Waals surface area contributed by atoms with E-state index < -0.39 is 0 Å². The molecule has 0 aliphatic heterocycles. The SMILES string of the molecule is CCC(Sc1nncn1-c1ccc(C)cc1C)C(=O)NCc1ccccc1. The second kappa shape index (κ2) is 8.86. The minimum atomic E-state index is -0.220. The van der Waals surface area contributed by atoms with Crippen LogP contribution >= 0.6 is 11.8 Å². The zero-order valence-corrected chi connectivity index (χ0v) is 16.7. The average Bonchev–Trinajstić information content (AvgIpc) is 3.13. The molecule has 2 aromatic carbocycles. The van der Waals surface area contributed by atoms with Gasteiger partial charge in [0.05, 0.1) is 10.9 Å². The summed E-state index contributed by atoms with van der Waals surface area (Å²) < 4.78 is 1.95. The van der Waals surface area contributed by atoms with Gasteiger partial charge in [-0.25, -0.2) is 0 Å². The Hall–Kier alpha value is -2.60. The smallest absolute Gasteiger partial charge is 0.233 e. The number of carbonyl (C=O) groups is 1. The van der Waals surface area contributed by atoms with Gasteiger partial charge in [-0.1, -0.05) is 66.7 Å². The molecule has 0 spiro atoms. The van der Waals surface area contributed by atoms with E-state index in [9.17, 15) is 4.79 Å². The van der Waals surface area contributed by atoms with Gasteiger partial charge in [0.25, 0.3) is 0 Å². The van der Waals surface area contributed by atoms with Gasteiger partial charge in [-0.3, -0.25) is 9.36 Å². The van der Waals surface area contributed by atoms with E-state index in [1.54, 1.807) is 6.33 Å². The molecule has 0 radical (unpaired) electrons. The maximum Gasteiger partial charge on any atom is 0.233 e. The van der Waals surface area contributed by atoms with Crippen LogP contribution in [0.3, 0.4) is 0 Å². The first-order chi connectivity index (χ1) is 13.1. The molecule has 1 amide bonds. The Morgan fingerprint density at radius 3 is 2.67 bits per heavy atom. The van der Waals surface area contributed by atoms with Gasteiger partial charge in [-0.2, -0.15) is 0 Å². The van der Waals surface area contributed by atoms with Crippen LogP contribution in [0.2, 0.25) is 0 Å². The summed E-state index contributed by atoms with van der Waals surface area (Å²) >= 11 is 1.45. The quantitative estimate of drug-likeness (QED) is 0.628. The highest BCUT2D eigenvalue weighted by molar-refractivity contribution is 8.00. The number of hydrogen-bond donors (Lipinski definition) is 1. The summed E-state index contributed by atoms with van der Waals surface area (Å²) in [6.45, 7) is 6.68. The minimum Gasteiger partial charge on any atom is -0.351 e. The Morgan fingerprint density at radius 1 is 1.19 bits per heavy atom. The Kier molecular flexibility index (Phi) is 6.29. The summed E-state index contributed by atoms with van der Waals surface area (Å²) in [5.41, 5.74) is 4.49. The standard InChI is InChI=1S/C21H24N4OS/c1-4-19(20(26)22-13-17-8-6-5-7-9-17)27-21-24-23-14-25(21)18-11-10-15(2)12-16(18)3/h5-12,14,19H,4,13H2,1-3H3,(H,22,26). The number of aryl methyl sites for hydroxylation is 2. The maximum atomic E-state index is 12.6. The minimum absolute atomic E-state index is 0.0153. The predicted octanol–water partition coefficient (Wildman–Crippen LogP) is 4.07. The number of carbonyl (C=O) groups excluding carboxylic acids is 1. The number of nitrogens with zero attached hydrogens (tertiary/aromatic N) is 3. The zero-order valence-electron chi connectivity index (χ0n) is 15.8. The van der Waals surface area contributed by atoms with Crippen molar-refractivity contribution in [1.29, 1.82) is 0 Å². The lowest BCUT2D eigenvalue weighted by atomic mass is 10.1. The van der Waals surface area contributed by atoms with Gasteiger partial charge >= 0.3 is 0 Å². The molecular weight excluding hydrogens is 356 g/mol. The summed E-state index contributed by atoms with van der Waals surface area (Å²) in [5.74, 6) is 0.0153. The predicted molar refractivity (Wildman–Crippen MR) is 109 cm³/mol. The second-order valence-corrected chi connectivity index (χ2v) is 7.66. The first kappa shape index (κ1) is 19.2. The van der Waals surface area contributed by atoms with Gasteiger partial charge in [0.15, 0.2) is 5.16 Å². The van der Waals surface area contributed by atoms with Crippen molar-refractivity contribution in [3.05, 3.63) is 71.5 Å². The fourth-order valence-corrected chi connectivity index (χ4v) is 3.86. The molecule has 1 aromatic heterocycles. The first-order valence-corrected chi connectivity index (χ1v) is 9.92. The average molecular weight is 381 g/mol. The Bertz CT molecular complexity index is 908. The van der Waals surface area contributed by atoms with Gasteiger partial charge in [0.1, 0.15) is 6.33 Å². The molecule has 6 heteroatoms. The van der Waals surface area contributed by atoms with Crippen molar-refractivity contribution in [2.24, 2.45) is 0 Å². The summed E-state index contributed by atoms with van der Waals surface area (Å²) in [6.07, 6.45) is 2.42. The van der Waals surface area contributed by atoms with Crippen molar-refractivity contribution in [3.8, 4) is 5.69 Å². The van der Waals surface area contributed by atoms with E-state index in [2.05, 4.69) is 47.6 Å². The van der Waals surface area contributed by atoms with Gasteiger partial charge < -0.3 is 5.32 Å². The summed E-state index contributed by atoms with van der Waals surface area (Å²) in [7, 11) is 0. The maximum absolute atomic E-state index is 12.6. The Balaban J connectivity index is 1.71. The fourth-order valence-electron chi connectivity index (χ4n) is 2.89. The molecule has 0 bridgehead atoms. The van der Waals surface area contributed by atoms with Crippen molar-refractivity contribution >= 4 is 17.7 Å². The van der Waals surface area contributed by atoms with E-state index >= 15 is 0 Å². The number of rotatable bonds is 7. The van der Waals surface area contributed by atoms with Crippen LogP contribution < -0.4 is 5.32 Å².